The van der Waals surface area contributed by atoms with Crippen molar-refractivity contribution in [1.29, 1.82) is 0 Å². The van der Waals surface area contributed by atoms with Gasteiger partial charge in [-0.1, -0.05) is 11.3 Å². The van der Waals surface area contributed by atoms with Gasteiger partial charge in [-0.25, -0.2) is 13.1 Å². The van der Waals surface area contributed by atoms with Gasteiger partial charge < -0.3 is 10.1 Å². The van der Waals surface area contributed by atoms with Gasteiger partial charge in [0.2, 0.25) is 10.0 Å². The summed E-state index contributed by atoms with van der Waals surface area (Å²) in [5, 5.41) is 13.6. The van der Waals surface area contributed by atoms with E-state index in [4.69, 9.17) is 4.74 Å². The second-order valence-corrected chi connectivity index (χ2v) is 6.93. The third-order valence-electron chi connectivity index (χ3n) is 2.45. The number of nitrogens with zero attached hydrogens (tertiary/aromatic N) is 1. The van der Waals surface area contributed by atoms with Gasteiger partial charge in [-0.2, -0.15) is 0 Å². The molecule has 114 valence electrons. The summed E-state index contributed by atoms with van der Waals surface area (Å²) in [5.74, 6) is 0. The Morgan fingerprint density at radius 3 is 2.65 bits per heavy atom. The molecular formula is C10H17N3O5S2. The van der Waals surface area contributed by atoms with E-state index in [1.54, 1.807) is 7.11 Å². The van der Waals surface area contributed by atoms with Crippen LogP contribution < -0.4 is 10.0 Å². The predicted molar refractivity (Wildman–Crippen MR) is 76.8 cm³/mol. The van der Waals surface area contributed by atoms with Crippen LogP contribution in [0.3, 0.4) is 0 Å². The Kier molecular flexibility index (Phi) is 6.33. The van der Waals surface area contributed by atoms with Crippen LogP contribution in [0, 0.1) is 10.1 Å². The van der Waals surface area contributed by atoms with Crippen LogP contribution in [0.25, 0.3) is 0 Å². The molecule has 1 aromatic rings. The molecule has 1 rings (SSSR count). The zero-order valence-corrected chi connectivity index (χ0v) is 12.8. The second kappa shape index (κ2) is 7.53. The summed E-state index contributed by atoms with van der Waals surface area (Å²) < 4.78 is 31.2. The summed E-state index contributed by atoms with van der Waals surface area (Å²) in [6, 6.07) is 1.06. The van der Waals surface area contributed by atoms with E-state index in [1.165, 1.54) is 7.05 Å². The number of ether oxygens (including phenoxy) is 1. The second-order valence-electron chi connectivity index (χ2n) is 3.88. The highest BCUT2D eigenvalue weighted by atomic mass is 32.2. The summed E-state index contributed by atoms with van der Waals surface area (Å²) in [6.07, 6.45) is 1.38. The van der Waals surface area contributed by atoms with Gasteiger partial charge in [0.1, 0.15) is 4.21 Å². The van der Waals surface area contributed by atoms with E-state index in [1.807, 2.05) is 0 Å². The largest absolute Gasteiger partial charge is 0.385 e. The molecule has 0 amide bonds. The Bertz CT molecular complexity index is 555. The minimum Gasteiger partial charge on any atom is -0.385 e. The highest BCUT2D eigenvalue weighted by molar-refractivity contribution is 7.91. The fraction of sp³-hybridized carbons (Fsp3) is 0.600. The number of unbranched alkanes of at least 4 members (excludes halogenated alkanes) is 1. The van der Waals surface area contributed by atoms with E-state index in [0.717, 1.165) is 23.8 Å². The van der Waals surface area contributed by atoms with Crippen LogP contribution in [-0.2, 0) is 14.8 Å². The Morgan fingerprint density at radius 2 is 2.15 bits per heavy atom. The predicted octanol–water partition coefficient (Wildman–Crippen LogP) is 1.40. The maximum absolute atomic E-state index is 12.0. The maximum atomic E-state index is 12.0. The average molecular weight is 323 g/mol. The van der Waals surface area contributed by atoms with E-state index in [2.05, 4.69) is 10.0 Å². The summed E-state index contributed by atoms with van der Waals surface area (Å²) in [4.78, 5) is 10.2. The Hall–Kier alpha value is -1.23. The minimum atomic E-state index is -3.71. The van der Waals surface area contributed by atoms with Crippen molar-refractivity contribution in [2.75, 3.05) is 32.6 Å². The first kappa shape index (κ1) is 16.8. The third-order valence-corrected chi connectivity index (χ3v) is 5.52. The Labute approximate surface area is 121 Å². The van der Waals surface area contributed by atoms with Crippen molar-refractivity contribution in [2.24, 2.45) is 0 Å². The minimum absolute atomic E-state index is 0.0692. The molecule has 0 radical (unpaired) electrons. The maximum Gasteiger partial charge on any atom is 0.304 e. The van der Waals surface area contributed by atoms with Crippen LogP contribution in [0.5, 0.6) is 0 Å². The van der Waals surface area contributed by atoms with Gasteiger partial charge in [0.15, 0.2) is 5.00 Å². The smallest absolute Gasteiger partial charge is 0.304 e. The number of anilines is 1. The summed E-state index contributed by atoms with van der Waals surface area (Å²) in [6.45, 7) is 0.836. The number of nitro groups is 1. The van der Waals surface area contributed by atoms with Gasteiger partial charge in [-0.15, -0.1) is 0 Å². The molecule has 0 fully saturated rings. The number of nitrogens with one attached hydrogen (secondary N) is 2. The first-order valence-corrected chi connectivity index (χ1v) is 8.17. The highest BCUT2D eigenvalue weighted by Gasteiger charge is 2.25. The van der Waals surface area contributed by atoms with Crippen LogP contribution in [0.15, 0.2) is 10.3 Å². The normalized spacial score (nSPS) is 11.5. The topological polar surface area (TPSA) is 111 Å². The molecule has 10 heteroatoms. The molecule has 0 aliphatic heterocycles. The third kappa shape index (κ3) is 4.40. The zero-order valence-electron chi connectivity index (χ0n) is 11.2. The van der Waals surface area contributed by atoms with Crippen LogP contribution in [0.1, 0.15) is 12.8 Å². The van der Waals surface area contributed by atoms with E-state index in [0.29, 0.717) is 13.0 Å². The molecule has 20 heavy (non-hydrogen) atoms. The molecule has 0 saturated carbocycles. The fourth-order valence-electron chi connectivity index (χ4n) is 1.46. The molecule has 0 bridgehead atoms. The van der Waals surface area contributed by atoms with Gasteiger partial charge in [-0.3, -0.25) is 10.1 Å². The van der Waals surface area contributed by atoms with Crippen LogP contribution in [0.2, 0.25) is 0 Å². The van der Waals surface area contributed by atoms with Gasteiger partial charge in [0, 0.05) is 33.4 Å². The zero-order chi connectivity index (χ0) is 15.2. The molecule has 1 heterocycles. The summed E-state index contributed by atoms with van der Waals surface area (Å²) in [7, 11) is -0.625. The molecule has 0 spiro atoms. The van der Waals surface area contributed by atoms with E-state index < -0.39 is 14.9 Å². The van der Waals surface area contributed by atoms with Crippen LogP contribution in [-0.4, -0.2) is 40.7 Å². The van der Waals surface area contributed by atoms with Crippen LogP contribution >= 0.6 is 11.3 Å². The van der Waals surface area contributed by atoms with Crippen molar-refractivity contribution >= 4 is 32.0 Å². The lowest BCUT2D eigenvalue weighted by Gasteiger charge is -2.03. The monoisotopic (exact) mass is 323 g/mol. The molecule has 0 aromatic carbocycles. The first-order valence-electron chi connectivity index (χ1n) is 5.87. The molecule has 0 atom stereocenters. The van der Waals surface area contributed by atoms with Gasteiger partial charge >= 0.3 is 5.69 Å². The lowest BCUT2D eigenvalue weighted by atomic mass is 10.3. The molecular weight excluding hydrogens is 306 g/mol. The summed E-state index contributed by atoms with van der Waals surface area (Å²) >= 11 is 0.835. The average Bonchev–Trinajstić information content (AvgIpc) is 2.83. The lowest BCUT2D eigenvalue weighted by molar-refractivity contribution is -0.383. The molecule has 2 N–H and O–H groups in total. The van der Waals surface area contributed by atoms with Gasteiger partial charge in [0.05, 0.1) is 4.92 Å². The van der Waals surface area contributed by atoms with Crippen molar-refractivity contribution < 1.29 is 18.1 Å². The number of rotatable bonds is 9. The van der Waals surface area contributed by atoms with Gasteiger partial charge in [-0.05, 0) is 12.8 Å². The Balaban J connectivity index is 2.75. The standard InChI is InChI=1S/C10H17N3O5S2/c1-11-10-8(13(14)15)7-9(19-10)20(16,17)12-5-3-4-6-18-2/h7,11-12H,3-6H2,1-2H3. The molecule has 0 aliphatic carbocycles. The van der Waals surface area contributed by atoms with Crippen molar-refractivity contribution in [1.82, 2.24) is 4.72 Å². The Morgan fingerprint density at radius 1 is 1.45 bits per heavy atom. The quantitative estimate of drug-likeness (QED) is 0.404. The number of thiophene rings is 1. The van der Waals surface area contributed by atoms with Crippen molar-refractivity contribution in [3.63, 3.8) is 0 Å². The number of hydrogen-bond acceptors (Lipinski definition) is 7. The van der Waals surface area contributed by atoms with E-state index >= 15 is 0 Å². The fourth-order valence-corrected chi connectivity index (χ4v) is 3.86. The van der Waals surface area contributed by atoms with Crippen molar-refractivity contribution in [3.05, 3.63) is 16.2 Å². The SMILES string of the molecule is CNc1sc(S(=O)(=O)NCCCCOC)cc1[N+](=O)[O-]. The first-order chi connectivity index (χ1) is 9.42. The lowest BCUT2D eigenvalue weighted by Crippen LogP contribution is -2.24. The molecule has 8 nitrogen and oxygen atoms in total. The van der Waals surface area contributed by atoms with Crippen molar-refractivity contribution in [3.8, 4) is 0 Å². The summed E-state index contributed by atoms with van der Waals surface area (Å²) in [5.41, 5.74) is -0.239. The van der Waals surface area contributed by atoms with Crippen molar-refractivity contribution in [2.45, 2.75) is 17.1 Å². The number of hydrogen-bond donors (Lipinski definition) is 2. The molecule has 1 aromatic heterocycles. The number of sulfonamides is 1. The molecule has 0 saturated heterocycles. The highest BCUT2D eigenvalue weighted by Crippen LogP contribution is 2.36. The van der Waals surface area contributed by atoms with Gasteiger partial charge in [0.25, 0.3) is 0 Å². The van der Waals surface area contributed by atoms with Crippen LogP contribution in [0.4, 0.5) is 10.7 Å². The number of methoxy groups -OCH3 is 1. The van der Waals surface area contributed by atoms with E-state index in [9.17, 15) is 18.5 Å². The van der Waals surface area contributed by atoms with E-state index in [-0.39, 0.29) is 21.4 Å². The molecule has 0 aliphatic rings. The molecule has 0 unspecified atom stereocenters.